The molecule has 0 aromatic rings. The molecule has 0 aromatic carbocycles. The van der Waals surface area contributed by atoms with Crippen molar-refractivity contribution in [1.82, 2.24) is 0 Å². The molecule has 0 N–H and O–H groups in total. The van der Waals surface area contributed by atoms with Crippen molar-refractivity contribution in [3.05, 3.63) is 122 Å². The maximum atomic E-state index is 12.9. The zero-order valence-corrected chi connectivity index (χ0v) is 53.0. The van der Waals surface area contributed by atoms with Crippen LogP contribution in [0.2, 0.25) is 0 Å². The molecule has 0 saturated carbocycles. The van der Waals surface area contributed by atoms with Crippen LogP contribution in [0, 0.1) is 0 Å². The number of hydrogen-bond acceptors (Lipinski definition) is 6. The van der Waals surface area contributed by atoms with Crippen molar-refractivity contribution < 1.29 is 28.6 Å². The molecule has 6 heteroatoms. The number of carbonyl (C=O) groups excluding carboxylic acids is 3. The van der Waals surface area contributed by atoms with Crippen molar-refractivity contribution in [3.8, 4) is 0 Å². The van der Waals surface area contributed by atoms with E-state index in [-0.39, 0.29) is 31.6 Å². The van der Waals surface area contributed by atoms with Crippen LogP contribution in [-0.2, 0) is 28.6 Å². The number of unbranched alkanes of at least 4 members (excludes halogenated alkanes) is 30. The van der Waals surface area contributed by atoms with Crippen molar-refractivity contribution in [2.45, 2.75) is 322 Å². The summed E-state index contributed by atoms with van der Waals surface area (Å²) in [6, 6.07) is 0. The van der Waals surface area contributed by atoms with Crippen molar-refractivity contribution in [2.24, 2.45) is 0 Å². The predicted molar refractivity (Wildman–Crippen MR) is 353 cm³/mol. The monoisotopic (exact) mass is 1120 g/mol. The third-order valence-electron chi connectivity index (χ3n) is 14.4. The molecule has 0 rings (SSSR count). The van der Waals surface area contributed by atoms with Crippen LogP contribution >= 0.6 is 0 Å². The number of ether oxygens (including phenoxy) is 3. The Hall–Kier alpha value is -4.19. The minimum absolute atomic E-state index is 0.112. The summed E-state index contributed by atoms with van der Waals surface area (Å²) < 4.78 is 16.9. The van der Waals surface area contributed by atoms with Gasteiger partial charge in [-0.2, -0.15) is 0 Å². The molecule has 81 heavy (non-hydrogen) atoms. The summed E-state index contributed by atoms with van der Waals surface area (Å²) in [4.78, 5) is 38.4. The molecule has 1 unspecified atom stereocenters. The number of esters is 3. The Morgan fingerprint density at radius 1 is 0.259 bits per heavy atom. The van der Waals surface area contributed by atoms with E-state index in [0.29, 0.717) is 19.3 Å². The van der Waals surface area contributed by atoms with Crippen molar-refractivity contribution in [1.29, 1.82) is 0 Å². The van der Waals surface area contributed by atoms with E-state index < -0.39 is 12.1 Å². The van der Waals surface area contributed by atoms with Gasteiger partial charge in [0.05, 0.1) is 0 Å². The van der Waals surface area contributed by atoms with Gasteiger partial charge in [-0.15, -0.1) is 0 Å². The number of hydrogen-bond donors (Lipinski definition) is 0. The fraction of sp³-hybridized carbons (Fsp3) is 0.693. The van der Waals surface area contributed by atoms with E-state index in [1.807, 2.05) is 6.08 Å². The molecule has 0 aliphatic rings. The van der Waals surface area contributed by atoms with Gasteiger partial charge >= 0.3 is 17.9 Å². The minimum atomic E-state index is -0.826. The van der Waals surface area contributed by atoms with E-state index in [0.717, 1.165) is 89.9 Å². The molecular formula is C75H126O6. The first-order chi connectivity index (χ1) is 40.0. The summed E-state index contributed by atoms with van der Waals surface area (Å²) in [6.45, 7) is 6.47. The maximum absolute atomic E-state index is 12.9. The summed E-state index contributed by atoms with van der Waals surface area (Å²) in [5, 5.41) is 0. The Morgan fingerprint density at radius 3 is 0.815 bits per heavy atom. The van der Waals surface area contributed by atoms with Gasteiger partial charge in [0.25, 0.3) is 0 Å². The van der Waals surface area contributed by atoms with E-state index in [2.05, 4.69) is 136 Å². The highest BCUT2D eigenvalue weighted by atomic mass is 16.6. The quantitative estimate of drug-likeness (QED) is 0.0261. The molecule has 0 aromatic heterocycles. The van der Waals surface area contributed by atoms with Crippen molar-refractivity contribution >= 4 is 17.9 Å². The molecule has 0 radical (unpaired) electrons. The summed E-state index contributed by atoms with van der Waals surface area (Å²) >= 11 is 0. The average Bonchev–Trinajstić information content (AvgIpc) is 3.47. The van der Waals surface area contributed by atoms with Crippen LogP contribution in [0.15, 0.2) is 122 Å². The predicted octanol–water partition coefficient (Wildman–Crippen LogP) is 23.6. The Balaban J connectivity index is 4.43. The Morgan fingerprint density at radius 2 is 0.506 bits per heavy atom. The minimum Gasteiger partial charge on any atom is -0.462 e. The van der Waals surface area contributed by atoms with Gasteiger partial charge in [0.15, 0.2) is 6.10 Å². The first-order valence-electron chi connectivity index (χ1n) is 34.0. The average molecular weight is 1120 g/mol. The molecule has 0 aliphatic carbocycles. The highest BCUT2D eigenvalue weighted by molar-refractivity contribution is 5.71. The summed E-state index contributed by atoms with van der Waals surface area (Å²) in [5.74, 6) is -0.995. The Bertz CT molecular complexity index is 1670. The van der Waals surface area contributed by atoms with Crippen LogP contribution in [0.25, 0.3) is 0 Å². The third-order valence-corrected chi connectivity index (χ3v) is 14.4. The van der Waals surface area contributed by atoms with Crippen molar-refractivity contribution in [3.63, 3.8) is 0 Å². The molecule has 1 atom stereocenters. The lowest BCUT2D eigenvalue weighted by molar-refractivity contribution is -0.166. The lowest BCUT2D eigenvalue weighted by Crippen LogP contribution is -2.30. The topological polar surface area (TPSA) is 78.9 Å². The largest absolute Gasteiger partial charge is 0.462 e. The Labute approximate surface area is 501 Å². The molecule has 0 aliphatic heterocycles. The molecule has 0 spiro atoms. The SMILES string of the molecule is CC/C=C\C/C=C\C/C=C\C/C=C\C/C=C\C/C=C\CCC(=O)OC(COC(=O)CCCCCCCCC/C=C\CCCCCCCC)COC(=O)CCCCCCCCCCCCCC/C=C\C/C=C\C/C=C\CCCCCCC. The second-order valence-corrected chi connectivity index (χ2v) is 22.3. The highest BCUT2D eigenvalue weighted by Crippen LogP contribution is 2.16. The summed E-state index contributed by atoms with van der Waals surface area (Å²) in [7, 11) is 0. The maximum Gasteiger partial charge on any atom is 0.306 e. The summed E-state index contributed by atoms with van der Waals surface area (Å²) in [6.07, 6.45) is 95.1. The zero-order chi connectivity index (χ0) is 58.5. The van der Waals surface area contributed by atoms with Gasteiger partial charge in [-0.05, 0) is 122 Å². The number of carbonyl (C=O) groups is 3. The molecular weight excluding hydrogens is 997 g/mol. The second kappa shape index (κ2) is 68.3. The van der Waals surface area contributed by atoms with E-state index in [1.165, 1.54) is 180 Å². The van der Waals surface area contributed by atoms with Gasteiger partial charge in [-0.3, -0.25) is 14.4 Å². The van der Waals surface area contributed by atoms with Crippen LogP contribution < -0.4 is 0 Å². The van der Waals surface area contributed by atoms with Gasteiger partial charge in [-0.25, -0.2) is 0 Å². The van der Waals surface area contributed by atoms with Gasteiger partial charge in [-0.1, -0.05) is 296 Å². The first-order valence-corrected chi connectivity index (χ1v) is 34.0. The zero-order valence-electron chi connectivity index (χ0n) is 53.0. The lowest BCUT2D eigenvalue weighted by Gasteiger charge is -2.18. The van der Waals surface area contributed by atoms with Crippen LogP contribution in [-0.4, -0.2) is 37.2 Å². The van der Waals surface area contributed by atoms with E-state index >= 15 is 0 Å². The van der Waals surface area contributed by atoms with Gasteiger partial charge in [0.1, 0.15) is 13.2 Å². The first kappa shape index (κ1) is 76.8. The fourth-order valence-corrected chi connectivity index (χ4v) is 9.35. The van der Waals surface area contributed by atoms with E-state index in [1.54, 1.807) is 0 Å². The molecule has 0 saturated heterocycles. The van der Waals surface area contributed by atoms with Crippen LogP contribution in [0.3, 0.4) is 0 Å². The second-order valence-electron chi connectivity index (χ2n) is 22.3. The highest BCUT2D eigenvalue weighted by Gasteiger charge is 2.19. The molecule has 0 bridgehead atoms. The van der Waals surface area contributed by atoms with Crippen LogP contribution in [0.4, 0.5) is 0 Å². The molecule has 462 valence electrons. The number of rotatable bonds is 61. The summed E-state index contributed by atoms with van der Waals surface area (Å²) in [5.41, 5.74) is 0. The van der Waals surface area contributed by atoms with Gasteiger partial charge in [0, 0.05) is 19.3 Å². The normalized spacial score (nSPS) is 12.9. The van der Waals surface area contributed by atoms with Crippen LogP contribution in [0.1, 0.15) is 316 Å². The molecule has 6 nitrogen and oxygen atoms in total. The lowest BCUT2D eigenvalue weighted by atomic mass is 10.0. The Kier molecular flexibility index (Phi) is 64.8. The smallest absolute Gasteiger partial charge is 0.306 e. The van der Waals surface area contributed by atoms with Gasteiger partial charge < -0.3 is 14.2 Å². The van der Waals surface area contributed by atoms with Gasteiger partial charge in [0.2, 0.25) is 0 Å². The number of allylic oxidation sites excluding steroid dienone is 20. The molecule has 0 fully saturated rings. The van der Waals surface area contributed by atoms with E-state index in [4.69, 9.17) is 14.2 Å². The van der Waals surface area contributed by atoms with E-state index in [9.17, 15) is 14.4 Å². The third kappa shape index (κ3) is 66.5. The van der Waals surface area contributed by atoms with Crippen LogP contribution in [0.5, 0.6) is 0 Å². The standard InChI is InChI=1S/C75H126O6/c1-4-7-10-13-16-19-22-25-28-31-33-34-35-36-37-38-39-40-42-44-47-50-53-56-59-62-65-68-74(77)80-71-72(70-79-73(76)67-64-61-58-55-52-49-46-43-30-27-24-21-18-15-12-9-6-3)81-75(78)69-66-63-60-57-54-51-48-45-41-32-29-26-23-20-17-14-11-8-5-2/h8,11,17,20,22,25-27,29-31,33,35-36,41,45,51,54,60,63,72H,4-7,9-10,12-16,18-19,21,23-24,28,32,34,37-40,42-44,46-50,52-53,55-59,61-62,64-71H2,1-3H3/b11-8-,20-17-,25-22-,29-26-,30-27-,33-31-,36-35-,45-41-,54-51-,63-60-. The van der Waals surface area contributed by atoms with Crippen molar-refractivity contribution in [2.75, 3.05) is 13.2 Å². The molecule has 0 heterocycles. The fourth-order valence-electron chi connectivity index (χ4n) is 9.35. The molecule has 0 amide bonds.